The van der Waals surface area contributed by atoms with Gasteiger partial charge in [-0.1, -0.05) is 42.5 Å². The molecule has 1 aliphatic heterocycles. The van der Waals surface area contributed by atoms with Gasteiger partial charge in [-0.2, -0.15) is 0 Å². The molecule has 2 unspecified atom stereocenters. The number of rotatable bonds is 6. The first-order valence-electron chi connectivity index (χ1n) is 13.2. The zero-order valence-electron chi connectivity index (χ0n) is 21.7. The predicted octanol–water partition coefficient (Wildman–Crippen LogP) is 5.59. The highest BCUT2D eigenvalue weighted by atomic mass is 16.4. The molecule has 0 bridgehead atoms. The number of piperidine rings is 1. The Balaban J connectivity index is 1.42. The summed E-state index contributed by atoms with van der Waals surface area (Å²) in [5.74, 6) is 0.0593. The topological polar surface area (TPSA) is 110 Å². The molecule has 39 heavy (non-hydrogen) atoms. The Morgan fingerprint density at radius 3 is 2.54 bits per heavy atom. The molecule has 1 fully saturated rings. The first-order valence-corrected chi connectivity index (χ1v) is 13.2. The summed E-state index contributed by atoms with van der Waals surface area (Å²) in [6.45, 7) is 3.61. The normalized spacial score (nSPS) is 16.8. The van der Waals surface area contributed by atoms with Gasteiger partial charge in [0, 0.05) is 30.0 Å². The predicted molar refractivity (Wildman–Crippen MR) is 152 cm³/mol. The maximum atomic E-state index is 11.6. The molecule has 6 rings (SSSR count). The average Bonchev–Trinajstić information content (AvgIpc) is 3.36. The average molecular weight is 519 g/mol. The molecule has 0 saturated carbocycles. The fraction of sp³-hybridized carbons (Fsp3) is 0.226. The van der Waals surface area contributed by atoms with Crippen molar-refractivity contribution in [2.45, 2.75) is 25.8 Å². The van der Waals surface area contributed by atoms with Crippen molar-refractivity contribution in [3.8, 4) is 28.3 Å². The second kappa shape index (κ2) is 10.3. The van der Waals surface area contributed by atoms with Gasteiger partial charge in [-0.3, -0.25) is 14.3 Å². The van der Waals surface area contributed by atoms with E-state index in [1.165, 1.54) is 0 Å². The van der Waals surface area contributed by atoms with Crippen LogP contribution in [-0.4, -0.2) is 48.6 Å². The SMILES string of the molecule is CC(c1ccc(-n2c(-c3cccnc3N)nc3ccc(-c4ccccc4)nc32)cc1)N1CCCC(C(=O)O)C1. The number of likely N-dealkylation sites (tertiary alicyclic amines) is 1. The zero-order chi connectivity index (χ0) is 26.9. The van der Waals surface area contributed by atoms with Crippen LogP contribution in [0.5, 0.6) is 0 Å². The summed E-state index contributed by atoms with van der Waals surface area (Å²) < 4.78 is 2.03. The number of aliphatic carboxylic acids is 1. The van der Waals surface area contributed by atoms with Crippen LogP contribution in [0.2, 0.25) is 0 Å². The van der Waals surface area contributed by atoms with E-state index in [2.05, 4.69) is 41.1 Å². The third kappa shape index (κ3) is 4.75. The Kier molecular flexibility index (Phi) is 6.54. The van der Waals surface area contributed by atoms with Crippen LogP contribution in [0, 0.1) is 5.92 Å². The van der Waals surface area contributed by atoms with Gasteiger partial charge in [-0.05, 0) is 68.3 Å². The number of anilines is 1. The van der Waals surface area contributed by atoms with E-state index in [0.29, 0.717) is 18.2 Å². The number of carboxylic acids is 1. The molecule has 2 aromatic carbocycles. The number of carbonyl (C=O) groups is 1. The molecule has 0 amide bonds. The molecule has 4 heterocycles. The van der Waals surface area contributed by atoms with Gasteiger partial charge in [0.15, 0.2) is 11.5 Å². The Labute approximate surface area is 226 Å². The number of nitrogens with zero attached hydrogens (tertiary/aromatic N) is 5. The molecule has 0 spiro atoms. The molecular weight excluding hydrogens is 488 g/mol. The molecule has 2 atom stereocenters. The highest BCUT2D eigenvalue weighted by molar-refractivity contribution is 5.84. The van der Waals surface area contributed by atoms with Gasteiger partial charge in [-0.15, -0.1) is 0 Å². The van der Waals surface area contributed by atoms with E-state index in [1.54, 1.807) is 6.20 Å². The van der Waals surface area contributed by atoms with Crippen LogP contribution in [0.15, 0.2) is 85.1 Å². The van der Waals surface area contributed by atoms with E-state index >= 15 is 0 Å². The van der Waals surface area contributed by atoms with Gasteiger partial charge >= 0.3 is 5.97 Å². The van der Waals surface area contributed by atoms with Gasteiger partial charge in [0.05, 0.1) is 17.2 Å². The van der Waals surface area contributed by atoms with Gasteiger partial charge in [0.1, 0.15) is 11.3 Å². The van der Waals surface area contributed by atoms with Crippen molar-refractivity contribution in [1.82, 2.24) is 24.4 Å². The van der Waals surface area contributed by atoms with E-state index in [1.807, 2.05) is 59.2 Å². The van der Waals surface area contributed by atoms with E-state index in [-0.39, 0.29) is 12.0 Å². The molecular formula is C31H30N6O2. The molecule has 3 N–H and O–H groups in total. The number of fused-ring (bicyclic) bond motifs is 1. The number of pyridine rings is 2. The van der Waals surface area contributed by atoms with Crippen LogP contribution in [0.3, 0.4) is 0 Å². The quantitative estimate of drug-likeness (QED) is 0.301. The summed E-state index contributed by atoms with van der Waals surface area (Å²) in [6.07, 6.45) is 3.30. The summed E-state index contributed by atoms with van der Waals surface area (Å²) in [7, 11) is 0. The Bertz CT molecular complexity index is 1630. The minimum atomic E-state index is -0.709. The van der Waals surface area contributed by atoms with Crippen molar-refractivity contribution in [2.24, 2.45) is 5.92 Å². The van der Waals surface area contributed by atoms with Crippen molar-refractivity contribution >= 4 is 23.0 Å². The zero-order valence-corrected chi connectivity index (χ0v) is 21.7. The number of hydrogen-bond acceptors (Lipinski definition) is 6. The van der Waals surface area contributed by atoms with Crippen LogP contribution in [0.4, 0.5) is 5.82 Å². The van der Waals surface area contributed by atoms with E-state index in [9.17, 15) is 9.90 Å². The molecule has 196 valence electrons. The van der Waals surface area contributed by atoms with Crippen LogP contribution in [-0.2, 0) is 4.79 Å². The number of aromatic nitrogens is 4. The molecule has 1 aliphatic rings. The Morgan fingerprint density at radius 1 is 1.00 bits per heavy atom. The molecule has 0 aliphatic carbocycles. The third-order valence-corrected chi connectivity index (χ3v) is 7.64. The van der Waals surface area contributed by atoms with E-state index in [0.717, 1.165) is 58.6 Å². The number of nitrogen functional groups attached to an aromatic ring is 1. The maximum absolute atomic E-state index is 11.6. The monoisotopic (exact) mass is 518 g/mol. The number of hydrogen-bond donors (Lipinski definition) is 2. The third-order valence-electron chi connectivity index (χ3n) is 7.64. The van der Waals surface area contributed by atoms with Crippen LogP contribution >= 0.6 is 0 Å². The van der Waals surface area contributed by atoms with Crippen molar-refractivity contribution in [2.75, 3.05) is 18.8 Å². The molecule has 0 radical (unpaired) electrons. The lowest BCUT2D eigenvalue weighted by atomic mass is 9.95. The lowest BCUT2D eigenvalue weighted by Gasteiger charge is -2.35. The number of nitrogens with two attached hydrogens (primary N) is 1. The van der Waals surface area contributed by atoms with Crippen LogP contribution in [0.25, 0.3) is 39.5 Å². The molecule has 8 heteroatoms. The fourth-order valence-corrected chi connectivity index (χ4v) is 5.43. The van der Waals surface area contributed by atoms with Crippen molar-refractivity contribution < 1.29 is 9.90 Å². The minimum Gasteiger partial charge on any atom is -0.481 e. The first-order chi connectivity index (χ1) is 19.0. The summed E-state index contributed by atoms with van der Waals surface area (Å²) >= 11 is 0. The summed E-state index contributed by atoms with van der Waals surface area (Å²) in [6, 6.07) is 26.3. The Morgan fingerprint density at radius 2 is 1.79 bits per heavy atom. The minimum absolute atomic E-state index is 0.108. The van der Waals surface area contributed by atoms with E-state index in [4.69, 9.17) is 15.7 Å². The number of benzene rings is 2. The molecule has 8 nitrogen and oxygen atoms in total. The van der Waals surface area contributed by atoms with Crippen molar-refractivity contribution in [3.63, 3.8) is 0 Å². The highest BCUT2D eigenvalue weighted by Gasteiger charge is 2.28. The van der Waals surface area contributed by atoms with Crippen molar-refractivity contribution in [3.05, 3.63) is 90.6 Å². The smallest absolute Gasteiger partial charge is 0.307 e. The standard InChI is InChI=1S/C31H30N6O2/c1-20(36-18-6-9-23(19-36)31(38)39)21-11-13-24(14-12-21)37-29(25-10-5-17-33-28(25)32)35-27-16-15-26(34-30(27)37)22-7-3-2-4-8-22/h2-5,7-8,10-17,20,23H,6,9,18-19H2,1H3,(H2,32,33)(H,38,39). The number of carboxylic acid groups (broad SMARTS) is 1. The summed E-state index contributed by atoms with van der Waals surface area (Å²) in [5, 5.41) is 9.51. The van der Waals surface area contributed by atoms with E-state index < -0.39 is 5.97 Å². The molecule has 3 aromatic heterocycles. The highest BCUT2D eigenvalue weighted by Crippen LogP contribution is 2.33. The molecule has 1 saturated heterocycles. The van der Waals surface area contributed by atoms with Crippen LogP contribution in [0.1, 0.15) is 31.4 Å². The Hall–Kier alpha value is -4.56. The summed E-state index contributed by atoms with van der Waals surface area (Å²) in [4.78, 5) is 28.1. The number of imidazole rings is 1. The second-order valence-corrected chi connectivity index (χ2v) is 10.1. The second-order valence-electron chi connectivity index (χ2n) is 10.1. The van der Waals surface area contributed by atoms with Gasteiger partial charge in [0.25, 0.3) is 0 Å². The fourth-order valence-electron chi connectivity index (χ4n) is 5.43. The van der Waals surface area contributed by atoms with Gasteiger partial charge < -0.3 is 10.8 Å². The van der Waals surface area contributed by atoms with Gasteiger partial charge in [-0.25, -0.2) is 15.0 Å². The van der Waals surface area contributed by atoms with Crippen LogP contribution < -0.4 is 5.73 Å². The lowest BCUT2D eigenvalue weighted by molar-refractivity contribution is -0.143. The summed E-state index contributed by atoms with van der Waals surface area (Å²) in [5.41, 5.74) is 12.5. The first kappa shape index (κ1) is 24.8. The lowest BCUT2D eigenvalue weighted by Crippen LogP contribution is -2.40. The molecule has 5 aromatic rings. The maximum Gasteiger partial charge on any atom is 0.307 e. The van der Waals surface area contributed by atoms with Gasteiger partial charge in [0.2, 0.25) is 0 Å². The largest absolute Gasteiger partial charge is 0.481 e. The van der Waals surface area contributed by atoms with Crippen molar-refractivity contribution in [1.29, 1.82) is 0 Å².